The van der Waals surface area contributed by atoms with Crippen molar-refractivity contribution >= 4 is 17.5 Å². The Balaban J connectivity index is 1.85. The maximum atomic E-state index is 12.7. The lowest BCUT2D eigenvalue weighted by Crippen LogP contribution is -2.32. The number of aromatic nitrogens is 2. The lowest BCUT2D eigenvalue weighted by molar-refractivity contribution is -0.138. The second-order valence-electron chi connectivity index (χ2n) is 6.04. The van der Waals surface area contributed by atoms with Gasteiger partial charge in [-0.1, -0.05) is 12.1 Å². The van der Waals surface area contributed by atoms with Crippen LogP contribution in [0, 0.1) is 5.92 Å². The maximum absolute atomic E-state index is 12.7. The van der Waals surface area contributed by atoms with Crippen LogP contribution in [-0.4, -0.2) is 40.3 Å². The zero-order chi connectivity index (χ0) is 18.9. The Kier molecular flexibility index (Phi) is 4.62. The summed E-state index contributed by atoms with van der Waals surface area (Å²) in [6.45, 7) is 0.244. The van der Waals surface area contributed by atoms with E-state index in [4.69, 9.17) is 0 Å². The number of amides is 2. The molecule has 3 rings (SSSR count). The summed E-state index contributed by atoms with van der Waals surface area (Å²) in [5, 5.41) is 2.58. The van der Waals surface area contributed by atoms with Crippen molar-refractivity contribution in [2.75, 3.05) is 18.9 Å². The molecule has 2 atom stereocenters. The number of nitrogens with one attached hydrogen (secondary N) is 1. The van der Waals surface area contributed by atoms with Gasteiger partial charge in [0.2, 0.25) is 11.8 Å². The Hall–Kier alpha value is -2.97. The van der Waals surface area contributed by atoms with Crippen molar-refractivity contribution < 1.29 is 22.8 Å². The second-order valence-corrected chi connectivity index (χ2v) is 6.04. The highest BCUT2D eigenvalue weighted by Gasteiger charge is 2.44. The Bertz CT molecular complexity index is 809. The van der Waals surface area contributed by atoms with Gasteiger partial charge in [0.05, 0.1) is 23.6 Å². The quantitative estimate of drug-likeness (QED) is 0.848. The van der Waals surface area contributed by atoms with Gasteiger partial charge in [0, 0.05) is 19.5 Å². The van der Waals surface area contributed by atoms with Gasteiger partial charge in [0.25, 0.3) is 0 Å². The number of benzene rings is 1. The molecule has 6 nitrogen and oxygen atoms in total. The normalized spacial score (nSPS) is 20.3. The van der Waals surface area contributed by atoms with E-state index in [-0.39, 0.29) is 12.5 Å². The fourth-order valence-electron chi connectivity index (χ4n) is 3.00. The van der Waals surface area contributed by atoms with Crippen LogP contribution in [0.1, 0.15) is 17.0 Å². The molecular weight excluding hydrogens is 349 g/mol. The van der Waals surface area contributed by atoms with Crippen molar-refractivity contribution in [3.05, 3.63) is 54.1 Å². The van der Waals surface area contributed by atoms with Crippen LogP contribution in [0.4, 0.5) is 18.9 Å². The number of anilines is 1. The highest BCUT2D eigenvalue weighted by atomic mass is 19.4. The smallest absolute Gasteiger partial charge is 0.344 e. The number of halogens is 3. The molecule has 9 heteroatoms. The van der Waals surface area contributed by atoms with Crippen LogP contribution in [0.3, 0.4) is 0 Å². The molecule has 2 heterocycles. The number of rotatable bonds is 3. The minimum Gasteiger partial charge on any atom is -0.344 e. The summed E-state index contributed by atoms with van der Waals surface area (Å²) in [7, 11) is 1.55. The number of carbonyl (C=O) groups excluding carboxylic acids is 2. The third-order valence-corrected chi connectivity index (χ3v) is 4.29. The van der Waals surface area contributed by atoms with Crippen LogP contribution in [0.15, 0.2) is 43.0 Å². The molecule has 1 aromatic carbocycles. The summed E-state index contributed by atoms with van der Waals surface area (Å²) in [5.41, 5.74) is 0.0625. The first-order chi connectivity index (χ1) is 12.3. The monoisotopic (exact) mass is 364 g/mol. The third kappa shape index (κ3) is 3.51. The van der Waals surface area contributed by atoms with E-state index >= 15 is 0 Å². The molecule has 0 bridgehead atoms. The van der Waals surface area contributed by atoms with Gasteiger partial charge in [-0.15, -0.1) is 0 Å². The molecule has 1 aliphatic rings. The van der Waals surface area contributed by atoms with E-state index in [0.29, 0.717) is 11.3 Å². The third-order valence-electron chi connectivity index (χ3n) is 4.29. The maximum Gasteiger partial charge on any atom is 0.416 e. The van der Waals surface area contributed by atoms with Crippen molar-refractivity contribution in [1.29, 1.82) is 0 Å². The second kappa shape index (κ2) is 6.74. The van der Waals surface area contributed by atoms with Crippen molar-refractivity contribution in [2.45, 2.75) is 12.1 Å². The van der Waals surface area contributed by atoms with Crippen LogP contribution in [0.5, 0.6) is 0 Å². The van der Waals surface area contributed by atoms with Gasteiger partial charge < -0.3 is 10.2 Å². The number of hydrogen-bond acceptors (Lipinski definition) is 4. The number of alkyl halides is 3. The zero-order valence-electron chi connectivity index (χ0n) is 13.7. The first kappa shape index (κ1) is 17.8. The molecule has 0 radical (unpaired) electrons. The molecule has 0 aliphatic carbocycles. The van der Waals surface area contributed by atoms with Crippen LogP contribution in [0.25, 0.3) is 0 Å². The molecule has 26 heavy (non-hydrogen) atoms. The van der Waals surface area contributed by atoms with Gasteiger partial charge >= 0.3 is 6.18 Å². The number of likely N-dealkylation sites (tertiary alicyclic amines) is 1. The van der Waals surface area contributed by atoms with Gasteiger partial charge in [-0.05, 0) is 17.7 Å². The SMILES string of the molecule is CN1C[C@@H](c2ccc(C(F)(F)F)cc2)[C@H](C(=O)Nc2cncnc2)C1=O. The summed E-state index contributed by atoms with van der Waals surface area (Å²) < 4.78 is 38.2. The van der Waals surface area contributed by atoms with E-state index in [0.717, 1.165) is 12.1 Å². The predicted molar refractivity (Wildman–Crippen MR) is 86.0 cm³/mol. The van der Waals surface area contributed by atoms with Crippen molar-refractivity contribution in [3.63, 3.8) is 0 Å². The van der Waals surface area contributed by atoms with E-state index in [2.05, 4.69) is 15.3 Å². The molecule has 1 saturated heterocycles. The average molecular weight is 364 g/mol. The Morgan fingerprint density at radius 3 is 2.38 bits per heavy atom. The van der Waals surface area contributed by atoms with Gasteiger partial charge in [0.1, 0.15) is 12.2 Å². The van der Waals surface area contributed by atoms with Gasteiger partial charge in [0.15, 0.2) is 0 Å². The first-order valence-electron chi connectivity index (χ1n) is 7.75. The Morgan fingerprint density at radius 2 is 1.81 bits per heavy atom. The van der Waals surface area contributed by atoms with Gasteiger partial charge in [-0.25, -0.2) is 9.97 Å². The predicted octanol–water partition coefficient (Wildman–Crippen LogP) is 2.31. The molecule has 1 fully saturated rings. The van der Waals surface area contributed by atoms with Crippen LogP contribution in [0.2, 0.25) is 0 Å². The van der Waals surface area contributed by atoms with E-state index < -0.39 is 29.5 Å². The first-order valence-corrected chi connectivity index (χ1v) is 7.75. The standard InChI is InChI=1S/C17H15F3N4O2/c1-24-8-13(10-2-4-11(5-3-10)17(18,19)20)14(16(24)26)15(25)23-12-6-21-9-22-7-12/h2-7,9,13-14H,8H2,1H3,(H,23,25)/t13-,14+/m0/s1. The fraction of sp³-hybridized carbons (Fsp3) is 0.294. The van der Waals surface area contributed by atoms with Crippen molar-refractivity contribution in [3.8, 4) is 0 Å². The van der Waals surface area contributed by atoms with E-state index in [1.807, 2.05) is 0 Å². The van der Waals surface area contributed by atoms with Gasteiger partial charge in [-0.2, -0.15) is 13.2 Å². The van der Waals surface area contributed by atoms with Crippen molar-refractivity contribution in [2.24, 2.45) is 5.92 Å². The summed E-state index contributed by atoms with van der Waals surface area (Å²) >= 11 is 0. The number of nitrogens with zero attached hydrogens (tertiary/aromatic N) is 3. The number of hydrogen-bond donors (Lipinski definition) is 1. The minimum atomic E-state index is -4.44. The van der Waals surface area contributed by atoms with Crippen LogP contribution in [-0.2, 0) is 15.8 Å². The van der Waals surface area contributed by atoms with Crippen LogP contribution >= 0.6 is 0 Å². The largest absolute Gasteiger partial charge is 0.416 e. The van der Waals surface area contributed by atoms with E-state index in [9.17, 15) is 22.8 Å². The lowest BCUT2D eigenvalue weighted by atomic mass is 9.87. The average Bonchev–Trinajstić information content (AvgIpc) is 2.90. The summed E-state index contributed by atoms with van der Waals surface area (Å²) in [6, 6.07) is 4.54. The molecule has 136 valence electrons. The fourth-order valence-corrected chi connectivity index (χ4v) is 3.00. The van der Waals surface area contributed by atoms with E-state index in [1.165, 1.54) is 35.8 Å². The highest BCUT2D eigenvalue weighted by molar-refractivity contribution is 6.08. The van der Waals surface area contributed by atoms with Crippen LogP contribution < -0.4 is 5.32 Å². The molecule has 1 N–H and O–H groups in total. The number of likely N-dealkylation sites (N-methyl/N-ethyl adjacent to an activating group) is 1. The molecular formula is C17H15F3N4O2. The molecule has 0 saturated carbocycles. The summed E-state index contributed by atoms with van der Waals surface area (Å²) in [4.78, 5) is 33.9. The van der Waals surface area contributed by atoms with Crippen molar-refractivity contribution in [1.82, 2.24) is 14.9 Å². The lowest BCUT2D eigenvalue weighted by Gasteiger charge is -2.17. The Morgan fingerprint density at radius 1 is 1.19 bits per heavy atom. The summed E-state index contributed by atoms with van der Waals surface area (Å²) in [5.74, 6) is -2.50. The molecule has 0 unspecified atom stereocenters. The molecule has 2 amide bonds. The molecule has 1 aromatic heterocycles. The minimum absolute atomic E-state index is 0.244. The van der Waals surface area contributed by atoms with Gasteiger partial charge in [-0.3, -0.25) is 9.59 Å². The number of carbonyl (C=O) groups is 2. The molecule has 1 aliphatic heterocycles. The van der Waals surface area contributed by atoms with E-state index in [1.54, 1.807) is 7.05 Å². The Labute approximate surface area is 147 Å². The molecule has 0 spiro atoms. The molecule has 2 aromatic rings. The zero-order valence-corrected chi connectivity index (χ0v) is 13.7. The topological polar surface area (TPSA) is 75.2 Å². The highest BCUT2D eigenvalue weighted by Crippen LogP contribution is 2.36. The summed E-state index contributed by atoms with van der Waals surface area (Å²) in [6.07, 6.45) is -0.359.